The number of benzene rings is 1. The lowest BCUT2D eigenvalue weighted by Crippen LogP contribution is -2.48. The number of hydrogen-bond donors (Lipinski definition) is 0. The third kappa shape index (κ3) is 4.33. The van der Waals surface area contributed by atoms with Crippen LogP contribution < -0.4 is 9.47 Å². The molecule has 0 spiro atoms. The summed E-state index contributed by atoms with van der Waals surface area (Å²) in [5, 5.41) is 0. The topological polar surface area (TPSA) is 76.2 Å². The minimum atomic E-state index is -3.56. The van der Waals surface area contributed by atoms with Crippen molar-refractivity contribution in [1.82, 2.24) is 9.21 Å². The van der Waals surface area contributed by atoms with E-state index in [0.717, 1.165) is 4.88 Å². The fourth-order valence-electron chi connectivity index (χ4n) is 3.90. The Kier molecular flexibility index (Phi) is 6.04. The normalized spacial score (nSPS) is 21.9. The van der Waals surface area contributed by atoms with Gasteiger partial charge in [0.25, 0.3) is 10.0 Å². The van der Waals surface area contributed by atoms with E-state index in [-0.39, 0.29) is 24.5 Å². The second-order valence-electron chi connectivity index (χ2n) is 7.78. The molecule has 1 amide bonds. The van der Waals surface area contributed by atoms with E-state index >= 15 is 0 Å². The Balaban J connectivity index is 1.38. The number of ether oxygens (including phenoxy) is 2. The lowest BCUT2D eigenvalue weighted by molar-refractivity contribution is -0.136. The number of nitrogens with zero attached hydrogens (tertiary/aromatic N) is 2. The van der Waals surface area contributed by atoms with Gasteiger partial charge in [-0.3, -0.25) is 4.79 Å². The SMILES string of the molecule is Cc1ccc(S(=O)(=O)N2CCC[C@@H](C(=O)N(C)C[C@@H]3COc4ccccc4O3)C2)s1. The van der Waals surface area contributed by atoms with E-state index in [0.29, 0.717) is 48.2 Å². The van der Waals surface area contributed by atoms with Crippen molar-refractivity contribution in [2.24, 2.45) is 5.92 Å². The van der Waals surface area contributed by atoms with Gasteiger partial charge in [0.05, 0.1) is 12.5 Å². The van der Waals surface area contributed by atoms with Gasteiger partial charge in [0.15, 0.2) is 17.6 Å². The monoisotopic (exact) mass is 450 g/mol. The molecule has 0 radical (unpaired) electrons. The minimum Gasteiger partial charge on any atom is -0.486 e. The summed E-state index contributed by atoms with van der Waals surface area (Å²) in [5.74, 6) is 0.978. The Hall–Kier alpha value is -2.10. The number of sulfonamides is 1. The number of rotatable bonds is 5. The number of carbonyl (C=O) groups excluding carboxylic acids is 1. The van der Waals surface area contributed by atoms with Crippen molar-refractivity contribution in [3.05, 3.63) is 41.3 Å². The summed E-state index contributed by atoms with van der Waals surface area (Å²) < 4.78 is 39.4. The van der Waals surface area contributed by atoms with Crippen molar-refractivity contribution >= 4 is 27.3 Å². The molecule has 0 aliphatic carbocycles. The van der Waals surface area contributed by atoms with E-state index in [1.54, 1.807) is 18.0 Å². The molecule has 1 fully saturated rings. The summed E-state index contributed by atoms with van der Waals surface area (Å²) in [5.41, 5.74) is 0. The van der Waals surface area contributed by atoms with Crippen molar-refractivity contribution in [3.8, 4) is 11.5 Å². The summed E-state index contributed by atoms with van der Waals surface area (Å²) in [6, 6.07) is 10.9. The van der Waals surface area contributed by atoms with E-state index < -0.39 is 10.0 Å². The quantitative estimate of drug-likeness (QED) is 0.700. The second-order valence-corrected chi connectivity index (χ2v) is 11.2. The number of hydrogen-bond acceptors (Lipinski definition) is 6. The van der Waals surface area contributed by atoms with Gasteiger partial charge in [0.1, 0.15) is 10.8 Å². The van der Waals surface area contributed by atoms with Crippen molar-refractivity contribution in [3.63, 3.8) is 0 Å². The molecule has 9 heteroatoms. The highest BCUT2D eigenvalue weighted by Gasteiger charge is 2.35. The molecule has 4 rings (SSSR count). The fraction of sp³-hybridized carbons (Fsp3) is 0.476. The second kappa shape index (κ2) is 8.56. The summed E-state index contributed by atoms with van der Waals surface area (Å²) in [7, 11) is -1.82. The summed E-state index contributed by atoms with van der Waals surface area (Å²) in [6.07, 6.45) is 1.10. The first kappa shape index (κ1) is 21.1. The molecule has 7 nitrogen and oxygen atoms in total. The molecule has 0 saturated carbocycles. The highest BCUT2D eigenvalue weighted by molar-refractivity contribution is 7.91. The van der Waals surface area contributed by atoms with E-state index in [4.69, 9.17) is 9.47 Å². The van der Waals surface area contributed by atoms with Gasteiger partial charge >= 0.3 is 0 Å². The molecule has 2 atom stereocenters. The van der Waals surface area contributed by atoms with Crippen molar-refractivity contribution in [2.75, 3.05) is 33.3 Å². The maximum atomic E-state index is 13.0. The van der Waals surface area contributed by atoms with Crippen LogP contribution in [0, 0.1) is 12.8 Å². The molecule has 30 heavy (non-hydrogen) atoms. The summed E-state index contributed by atoms with van der Waals surface area (Å²) in [6.45, 7) is 3.31. The number of likely N-dealkylation sites (N-methyl/N-ethyl adjacent to an activating group) is 1. The largest absolute Gasteiger partial charge is 0.486 e. The van der Waals surface area contributed by atoms with Crippen LogP contribution in [0.1, 0.15) is 17.7 Å². The molecule has 0 N–H and O–H groups in total. The molecule has 1 saturated heterocycles. The highest BCUT2D eigenvalue weighted by Crippen LogP contribution is 2.32. The Bertz CT molecular complexity index is 1020. The standard InChI is InChI=1S/C21H26N2O5S2/c1-15-9-10-20(29-15)30(25,26)23-11-5-6-16(12-23)21(24)22(2)13-17-14-27-18-7-3-4-8-19(18)28-17/h3-4,7-10,16-17H,5-6,11-14H2,1-2H3/t16-,17-/m1/s1. The number of fused-ring (bicyclic) bond motifs is 1. The van der Waals surface area contributed by atoms with Crippen LogP contribution in [0.5, 0.6) is 11.5 Å². The number of amides is 1. The van der Waals surface area contributed by atoms with Crippen LogP contribution in [-0.4, -0.2) is 62.9 Å². The zero-order valence-electron chi connectivity index (χ0n) is 17.1. The molecule has 1 aromatic carbocycles. The predicted octanol–water partition coefficient (Wildman–Crippen LogP) is 2.76. The molecular formula is C21H26N2O5S2. The lowest BCUT2D eigenvalue weighted by atomic mass is 9.98. The van der Waals surface area contributed by atoms with Gasteiger partial charge in [-0.25, -0.2) is 8.42 Å². The first-order chi connectivity index (χ1) is 14.3. The van der Waals surface area contributed by atoms with Gasteiger partial charge in [-0.15, -0.1) is 11.3 Å². The van der Waals surface area contributed by atoms with Crippen LogP contribution in [0.2, 0.25) is 0 Å². The van der Waals surface area contributed by atoms with Gasteiger partial charge < -0.3 is 14.4 Å². The number of carbonyl (C=O) groups is 1. The molecule has 162 valence electrons. The number of aryl methyl sites for hydroxylation is 1. The van der Waals surface area contributed by atoms with Gasteiger partial charge in [-0.2, -0.15) is 4.31 Å². The van der Waals surface area contributed by atoms with Crippen LogP contribution in [0.3, 0.4) is 0 Å². The summed E-state index contributed by atoms with van der Waals surface area (Å²) in [4.78, 5) is 15.6. The molecule has 3 heterocycles. The van der Waals surface area contributed by atoms with Crippen LogP contribution in [-0.2, 0) is 14.8 Å². The minimum absolute atomic E-state index is 0.0558. The lowest BCUT2D eigenvalue weighted by Gasteiger charge is -2.34. The first-order valence-electron chi connectivity index (χ1n) is 10.0. The molecule has 2 aromatic rings. The number of thiophene rings is 1. The van der Waals surface area contributed by atoms with Gasteiger partial charge in [0.2, 0.25) is 5.91 Å². The third-order valence-electron chi connectivity index (χ3n) is 5.46. The van der Waals surface area contributed by atoms with E-state index in [1.807, 2.05) is 37.3 Å². The molecule has 0 unspecified atom stereocenters. The number of piperidine rings is 1. The highest BCUT2D eigenvalue weighted by atomic mass is 32.2. The third-order valence-corrected chi connectivity index (χ3v) is 8.80. The summed E-state index contributed by atoms with van der Waals surface area (Å²) >= 11 is 1.27. The van der Waals surface area contributed by atoms with Crippen molar-refractivity contribution < 1.29 is 22.7 Å². The smallest absolute Gasteiger partial charge is 0.252 e. The Morgan fingerprint density at radius 1 is 1.23 bits per heavy atom. The van der Waals surface area contributed by atoms with Crippen LogP contribution in [0.4, 0.5) is 0 Å². The Morgan fingerprint density at radius 2 is 2.00 bits per heavy atom. The first-order valence-corrected chi connectivity index (χ1v) is 12.3. The van der Waals surface area contributed by atoms with E-state index in [1.165, 1.54) is 15.6 Å². The molecule has 2 aliphatic rings. The molecule has 2 aliphatic heterocycles. The van der Waals surface area contributed by atoms with Crippen LogP contribution >= 0.6 is 11.3 Å². The van der Waals surface area contributed by atoms with Gasteiger partial charge in [-0.05, 0) is 44.0 Å². The van der Waals surface area contributed by atoms with Gasteiger partial charge in [0, 0.05) is 25.0 Å². The molecule has 0 bridgehead atoms. The zero-order chi connectivity index (χ0) is 21.3. The average molecular weight is 451 g/mol. The molecule has 1 aromatic heterocycles. The van der Waals surface area contributed by atoms with Crippen molar-refractivity contribution in [1.29, 1.82) is 0 Å². The molecular weight excluding hydrogens is 424 g/mol. The fourth-order valence-corrected chi connectivity index (χ4v) is 6.86. The number of para-hydroxylation sites is 2. The van der Waals surface area contributed by atoms with Crippen LogP contribution in [0.15, 0.2) is 40.6 Å². The zero-order valence-corrected chi connectivity index (χ0v) is 18.7. The Labute approximate surface area is 181 Å². The van der Waals surface area contributed by atoms with E-state index in [2.05, 4.69) is 0 Å². The van der Waals surface area contributed by atoms with Gasteiger partial charge in [-0.1, -0.05) is 12.1 Å². The Morgan fingerprint density at radius 3 is 2.73 bits per heavy atom. The maximum absolute atomic E-state index is 13.0. The average Bonchev–Trinajstić information content (AvgIpc) is 3.20. The predicted molar refractivity (Wildman–Crippen MR) is 115 cm³/mol. The van der Waals surface area contributed by atoms with Crippen molar-refractivity contribution in [2.45, 2.75) is 30.1 Å². The maximum Gasteiger partial charge on any atom is 0.252 e. The van der Waals surface area contributed by atoms with Crippen LogP contribution in [0.25, 0.3) is 0 Å². The van der Waals surface area contributed by atoms with E-state index in [9.17, 15) is 13.2 Å².